The second kappa shape index (κ2) is 6.50. The van der Waals surface area contributed by atoms with Gasteiger partial charge in [-0.25, -0.2) is 0 Å². The molecule has 0 aliphatic rings. The summed E-state index contributed by atoms with van der Waals surface area (Å²) < 4.78 is 11.5. The number of carbonyl (C=O) groups excluding carboxylic acids is 1. The monoisotopic (exact) mass is 296 g/mol. The summed E-state index contributed by atoms with van der Waals surface area (Å²) in [5.41, 5.74) is -0.476. The zero-order chi connectivity index (χ0) is 14.5. The van der Waals surface area contributed by atoms with Gasteiger partial charge in [-0.1, -0.05) is 44.2 Å². The molecule has 1 aromatic rings. The average Bonchev–Trinajstić information content (AvgIpc) is 2.28. The Hall–Kier alpha value is -0.916. The summed E-state index contributed by atoms with van der Waals surface area (Å²) in [6.45, 7) is 9.64. The van der Waals surface area contributed by atoms with E-state index in [2.05, 4.69) is 26.0 Å². The third kappa shape index (κ3) is 4.93. The summed E-state index contributed by atoms with van der Waals surface area (Å²) in [5.74, 6) is -0.229. The fourth-order valence-electron chi connectivity index (χ4n) is 1.67. The smallest absolute Gasteiger partial charge is 0.303 e. The Labute approximate surface area is 120 Å². The molecule has 1 aromatic carbocycles. The molecule has 0 heterocycles. The van der Waals surface area contributed by atoms with E-state index >= 15 is 0 Å². The van der Waals surface area contributed by atoms with Gasteiger partial charge < -0.3 is 8.85 Å². The molecule has 3 nitrogen and oxygen atoms in total. The molecule has 19 heavy (non-hydrogen) atoms. The minimum atomic E-state index is -0.767. The predicted molar refractivity (Wildman–Crippen MR) is 84.1 cm³/mol. The van der Waals surface area contributed by atoms with E-state index in [9.17, 15) is 4.79 Å². The Kier molecular flexibility index (Phi) is 5.52. The molecular weight excluding hydrogens is 272 g/mol. The lowest BCUT2D eigenvalue weighted by atomic mass is 9.93. The highest BCUT2D eigenvalue weighted by atomic mass is 28.3. The predicted octanol–water partition coefficient (Wildman–Crippen LogP) is 1.04. The summed E-state index contributed by atoms with van der Waals surface area (Å²) in [6, 6.07) is 10.3. The van der Waals surface area contributed by atoms with Crippen LogP contribution in [0.3, 0.4) is 0 Å². The van der Waals surface area contributed by atoms with Crippen LogP contribution in [-0.2, 0) is 13.6 Å². The highest BCUT2D eigenvalue weighted by Crippen LogP contribution is 2.39. The van der Waals surface area contributed by atoms with E-state index in [1.807, 2.05) is 32.0 Å². The molecule has 0 N–H and O–H groups in total. The first kappa shape index (κ1) is 16.1. The second-order valence-electron chi connectivity index (χ2n) is 5.97. The van der Waals surface area contributed by atoms with Crippen molar-refractivity contribution in [1.29, 1.82) is 0 Å². The van der Waals surface area contributed by atoms with Gasteiger partial charge in [-0.3, -0.25) is 4.79 Å². The van der Waals surface area contributed by atoms with Crippen molar-refractivity contribution in [3.05, 3.63) is 30.3 Å². The van der Waals surface area contributed by atoms with Gasteiger partial charge in [-0.05, 0) is 19.0 Å². The van der Waals surface area contributed by atoms with Crippen LogP contribution in [-0.4, -0.2) is 31.1 Å². The van der Waals surface area contributed by atoms with Gasteiger partial charge in [0.05, 0.1) is 0 Å². The maximum Gasteiger partial charge on any atom is 0.303 e. The molecule has 0 atom stereocenters. The first-order chi connectivity index (χ1) is 8.74. The molecule has 0 aromatic heterocycles. The lowest BCUT2D eigenvalue weighted by Gasteiger charge is -2.40. The van der Waals surface area contributed by atoms with Crippen LogP contribution >= 0.6 is 0 Å². The lowest BCUT2D eigenvalue weighted by Crippen LogP contribution is -2.43. The van der Waals surface area contributed by atoms with Gasteiger partial charge >= 0.3 is 5.97 Å². The van der Waals surface area contributed by atoms with E-state index < -0.39 is 25.1 Å². The Morgan fingerprint density at radius 3 is 2.21 bits per heavy atom. The molecule has 0 spiro atoms. The van der Waals surface area contributed by atoms with Gasteiger partial charge in [0.1, 0.15) is 5.60 Å². The Bertz CT molecular complexity index is 416. The Balaban J connectivity index is 2.52. The van der Waals surface area contributed by atoms with Crippen LogP contribution in [0.4, 0.5) is 0 Å². The lowest BCUT2D eigenvalue weighted by molar-refractivity contribution is -0.156. The normalized spacial score (nSPS) is 13.5. The van der Waals surface area contributed by atoms with Gasteiger partial charge in [-0.15, -0.1) is 0 Å². The topological polar surface area (TPSA) is 35.5 Å². The zero-order valence-electron chi connectivity index (χ0n) is 12.5. The van der Waals surface area contributed by atoms with E-state index in [0.29, 0.717) is 0 Å². The zero-order valence-corrected chi connectivity index (χ0v) is 15.4. The molecule has 0 saturated heterocycles. The third-order valence-electron chi connectivity index (χ3n) is 3.60. The summed E-state index contributed by atoms with van der Waals surface area (Å²) in [6.07, 6.45) is 0. The molecule has 106 valence electrons. The Morgan fingerprint density at radius 1 is 1.11 bits per heavy atom. The van der Waals surface area contributed by atoms with Crippen molar-refractivity contribution in [3.63, 3.8) is 0 Å². The highest BCUT2D eigenvalue weighted by molar-refractivity contribution is 6.55. The molecule has 0 amide bonds. The van der Waals surface area contributed by atoms with Crippen molar-refractivity contribution >= 4 is 30.7 Å². The van der Waals surface area contributed by atoms with Crippen molar-refractivity contribution in [2.45, 2.75) is 45.3 Å². The molecular formula is C14H24O3Si2. The van der Waals surface area contributed by atoms with Crippen LogP contribution in [0, 0.1) is 0 Å². The standard InChI is InChI=1S/C14H24O3Si2/c1-11(15)16-13(2,3)14(4,5)19-17-18-12-9-7-6-8-10-12/h6-10H,18-19H2,1-5H3. The quantitative estimate of drug-likeness (QED) is 0.581. The minimum Gasteiger partial charge on any atom is -0.461 e. The number of rotatable bonds is 6. The highest BCUT2D eigenvalue weighted by Gasteiger charge is 2.40. The van der Waals surface area contributed by atoms with E-state index in [0.717, 1.165) is 0 Å². The summed E-state index contributed by atoms with van der Waals surface area (Å²) in [4.78, 5) is 11.2. The largest absolute Gasteiger partial charge is 0.461 e. The van der Waals surface area contributed by atoms with Crippen molar-refractivity contribution < 1.29 is 13.6 Å². The third-order valence-corrected chi connectivity index (χ3v) is 7.61. The fraction of sp³-hybridized carbons (Fsp3) is 0.500. The summed E-state index contributed by atoms with van der Waals surface area (Å²) in [7, 11) is -1.42. The van der Waals surface area contributed by atoms with Crippen LogP contribution in [0.2, 0.25) is 5.04 Å². The molecule has 0 saturated carbocycles. The number of hydrogen-bond acceptors (Lipinski definition) is 3. The number of ether oxygens (including phenoxy) is 1. The van der Waals surface area contributed by atoms with Crippen LogP contribution in [0.15, 0.2) is 30.3 Å². The minimum absolute atomic E-state index is 0.0829. The van der Waals surface area contributed by atoms with Crippen molar-refractivity contribution in [3.8, 4) is 0 Å². The van der Waals surface area contributed by atoms with Gasteiger partial charge in [0.15, 0.2) is 19.5 Å². The molecule has 0 bridgehead atoms. The molecule has 1 rings (SSSR count). The molecule has 0 aliphatic heterocycles. The van der Waals surface area contributed by atoms with Crippen LogP contribution in [0.25, 0.3) is 0 Å². The number of benzene rings is 1. The van der Waals surface area contributed by atoms with Gasteiger partial charge in [0.25, 0.3) is 0 Å². The number of carbonyl (C=O) groups is 1. The van der Waals surface area contributed by atoms with Crippen LogP contribution < -0.4 is 5.19 Å². The Morgan fingerprint density at radius 2 is 1.68 bits per heavy atom. The second-order valence-corrected chi connectivity index (χ2v) is 10.8. The van der Waals surface area contributed by atoms with Gasteiger partial charge in [-0.2, -0.15) is 0 Å². The molecule has 5 heteroatoms. The van der Waals surface area contributed by atoms with Crippen LogP contribution in [0.1, 0.15) is 34.6 Å². The fourth-order valence-corrected chi connectivity index (χ4v) is 5.95. The summed E-state index contributed by atoms with van der Waals surface area (Å²) >= 11 is 0. The number of esters is 1. The summed E-state index contributed by atoms with van der Waals surface area (Å²) in [5, 5.41) is 1.23. The maximum absolute atomic E-state index is 11.2. The SMILES string of the molecule is CC(=O)OC(C)(C)C(C)(C)[SiH2]O[SiH2]c1ccccc1. The van der Waals surface area contributed by atoms with Crippen molar-refractivity contribution in [2.24, 2.45) is 0 Å². The van der Waals surface area contributed by atoms with E-state index in [4.69, 9.17) is 8.85 Å². The molecule has 0 unspecified atom stereocenters. The van der Waals surface area contributed by atoms with E-state index in [-0.39, 0.29) is 11.0 Å². The van der Waals surface area contributed by atoms with E-state index in [1.54, 1.807) is 0 Å². The maximum atomic E-state index is 11.2. The van der Waals surface area contributed by atoms with Crippen molar-refractivity contribution in [2.75, 3.05) is 0 Å². The van der Waals surface area contributed by atoms with Gasteiger partial charge in [0, 0.05) is 12.0 Å². The van der Waals surface area contributed by atoms with Gasteiger partial charge in [0.2, 0.25) is 0 Å². The van der Waals surface area contributed by atoms with E-state index in [1.165, 1.54) is 12.1 Å². The average molecular weight is 297 g/mol. The van der Waals surface area contributed by atoms with Crippen LogP contribution in [0.5, 0.6) is 0 Å². The molecule has 0 fully saturated rings. The van der Waals surface area contributed by atoms with Crippen molar-refractivity contribution in [1.82, 2.24) is 0 Å². The first-order valence-corrected chi connectivity index (χ1v) is 9.13. The molecule has 0 aliphatic carbocycles. The molecule has 0 radical (unpaired) electrons. The number of hydrogen-bond donors (Lipinski definition) is 0. The first-order valence-electron chi connectivity index (χ1n) is 6.56.